The number of halogens is 1. The molecule has 1 aromatic rings. The Labute approximate surface area is 141 Å². The number of benzene rings is 1. The fourth-order valence-corrected chi connectivity index (χ4v) is 3.77. The molecule has 0 saturated heterocycles. The molecule has 1 saturated carbocycles. The van der Waals surface area contributed by atoms with Gasteiger partial charge in [-0.3, -0.25) is 4.90 Å². The highest BCUT2D eigenvalue weighted by Crippen LogP contribution is 2.26. The first kappa shape index (κ1) is 17.8. The van der Waals surface area contributed by atoms with E-state index < -0.39 is 0 Å². The first-order valence-corrected chi connectivity index (χ1v) is 9.24. The van der Waals surface area contributed by atoms with Crippen LogP contribution in [0.5, 0.6) is 0 Å². The summed E-state index contributed by atoms with van der Waals surface area (Å²) in [6.07, 6.45) is 7.33. The summed E-state index contributed by atoms with van der Waals surface area (Å²) in [6.45, 7) is 6.82. The second-order valence-electron chi connectivity index (χ2n) is 6.81. The molecule has 2 nitrogen and oxygen atoms in total. The van der Waals surface area contributed by atoms with Gasteiger partial charge in [0.15, 0.2) is 0 Å². The van der Waals surface area contributed by atoms with E-state index >= 15 is 0 Å². The van der Waals surface area contributed by atoms with Crippen molar-refractivity contribution < 1.29 is 0 Å². The van der Waals surface area contributed by atoms with E-state index in [2.05, 4.69) is 36.9 Å². The van der Waals surface area contributed by atoms with E-state index in [1.807, 2.05) is 6.07 Å². The van der Waals surface area contributed by atoms with Gasteiger partial charge in [-0.15, -0.1) is 0 Å². The Morgan fingerprint density at radius 1 is 1.18 bits per heavy atom. The molecule has 22 heavy (non-hydrogen) atoms. The smallest absolute Gasteiger partial charge is 0.0409 e. The highest BCUT2D eigenvalue weighted by Gasteiger charge is 2.25. The van der Waals surface area contributed by atoms with Gasteiger partial charge in [0.25, 0.3) is 0 Å². The zero-order valence-corrected chi connectivity index (χ0v) is 14.9. The summed E-state index contributed by atoms with van der Waals surface area (Å²) in [5.41, 5.74) is 7.41. The van der Waals surface area contributed by atoms with Gasteiger partial charge in [0.2, 0.25) is 0 Å². The molecule has 0 radical (unpaired) electrons. The Morgan fingerprint density at radius 3 is 2.45 bits per heavy atom. The van der Waals surface area contributed by atoms with E-state index in [4.69, 9.17) is 17.3 Å². The first-order chi connectivity index (χ1) is 10.6. The van der Waals surface area contributed by atoms with E-state index in [0.717, 1.165) is 17.5 Å². The molecule has 1 aliphatic rings. The van der Waals surface area contributed by atoms with Gasteiger partial charge in [-0.25, -0.2) is 0 Å². The van der Waals surface area contributed by atoms with Crippen LogP contribution < -0.4 is 5.73 Å². The zero-order valence-electron chi connectivity index (χ0n) is 14.1. The van der Waals surface area contributed by atoms with Crippen molar-refractivity contribution in [3.8, 4) is 0 Å². The average molecular weight is 323 g/mol. The Kier molecular flexibility index (Phi) is 7.20. The van der Waals surface area contributed by atoms with E-state index in [0.29, 0.717) is 12.1 Å². The Bertz CT molecular complexity index is 437. The summed E-state index contributed by atoms with van der Waals surface area (Å²) in [5.74, 6) is 0.787. The second kappa shape index (κ2) is 8.90. The van der Waals surface area contributed by atoms with Crippen molar-refractivity contribution in [2.45, 2.75) is 71.0 Å². The number of nitrogens with zero attached hydrogens (tertiary/aromatic N) is 1. The lowest BCUT2D eigenvalue weighted by atomic mass is 9.89. The molecular formula is C19H31ClN2. The van der Waals surface area contributed by atoms with Crippen molar-refractivity contribution in [2.75, 3.05) is 6.54 Å². The maximum absolute atomic E-state index is 6.16. The number of rotatable bonds is 7. The molecule has 1 aliphatic carbocycles. The van der Waals surface area contributed by atoms with Crippen molar-refractivity contribution >= 4 is 11.6 Å². The van der Waals surface area contributed by atoms with Crippen molar-refractivity contribution in [3.63, 3.8) is 0 Å². The van der Waals surface area contributed by atoms with Gasteiger partial charge in [0, 0.05) is 30.2 Å². The Hall–Kier alpha value is -0.570. The summed E-state index contributed by atoms with van der Waals surface area (Å²) in [5, 5.41) is 0.839. The molecule has 0 heterocycles. The topological polar surface area (TPSA) is 29.3 Å². The summed E-state index contributed by atoms with van der Waals surface area (Å²) in [6, 6.07) is 9.41. The van der Waals surface area contributed by atoms with Gasteiger partial charge in [-0.1, -0.05) is 50.4 Å². The molecule has 0 aliphatic heterocycles. The van der Waals surface area contributed by atoms with Crippen LogP contribution in [-0.4, -0.2) is 23.5 Å². The first-order valence-electron chi connectivity index (χ1n) is 8.86. The standard InChI is InChI=1S/C19H31ClN2/c1-3-15(4-2)13-22(19-10-8-18(21)9-11-19)14-16-6-5-7-17(20)12-16/h5-7,12,15,18-19H,3-4,8-11,13-14,21H2,1-2H3. The minimum atomic E-state index is 0.414. The summed E-state index contributed by atoms with van der Waals surface area (Å²) < 4.78 is 0. The SMILES string of the molecule is CCC(CC)CN(Cc1cccc(Cl)c1)C1CCC(N)CC1. The monoisotopic (exact) mass is 322 g/mol. The Balaban J connectivity index is 2.06. The van der Waals surface area contributed by atoms with Crippen molar-refractivity contribution in [1.29, 1.82) is 0 Å². The van der Waals surface area contributed by atoms with Gasteiger partial charge in [0.05, 0.1) is 0 Å². The third kappa shape index (κ3) is 5.26. The fraction of sp³-hybridized carbons (Fsp3) is 0.684. The van der Waals surface area contributed by atoms with Crippen LogP contribution in [0, 0.1) is 5.92 Å². The minimum absolute atomic E-state index is 0.414. The summed E-state index contributed by atoms with van der Waals surface area (Å²) in [4.78, 5) is 2.69. The quantitative estimate of drug-likeness (QED) is 0.777. The van der Waals surface area contributed by atoms with Gasteiger partial charge < -0.3 is 5.73 Å². The van der Waals surface area contributed by atoms with Crippen LogP contribution in [0.2, 0.25) is 5.02 Å². The maximum Gasteiger partial charge on any atom is 0.0409 e. The largest absolute Gasteiger partial charge is 0.328 e. The van der Waals surface area contributed by atoms with Gasteiger partial charge in [-0.05, 0) is 49.3 Å². The number of hydrogen-bond acceptors (Lipinski definition) is 2. The molecule has 1 aromatic carbocycles. The third-order valence-electron chi connectivity index (χ3n) is 5.18. The van der Waals surface area contributed by atoms with Crippen molar-refractivity contribution in [3.05, 3.63) is 34.9 Å². The molecule has 0 aromatic heterocycles. The molecule has 0 atom stereocenters. The van der Waals surface area contributed by atoms with Crippen LogP contribution in [0.3, 0.4) is 0 Å². The highest BCUT2D eigenvalue weighted by molar-refractivity contribution is 6.30. The predicted molar refractivity (Wildman–Crippen MR) is 96.2 cm³/mol. The molecule has 2 rings (SSSR count). The van der Waals surface area contributed by atoms with Crippen molar-refractivity contribution in [2.24, 2.45) is 11.7 Å². The van der Waals surface area contributed by atoms with Crippen LogP contribution >= 0.6 is 11.6 Å². The lowest BCUT2D eigenvalue weighted by Crippen LogP contribution is -2.42. The molecule has 0 amide bonds. The van der Waals surface area contributed by atoms with E-state index in [-0.39, 0.29) is 0 Å². The minimum Gasteiger partial charge on any atom is -0.328 e. The lowest BCUT2D eigenvalue weighted by Gasteiger charge is -2.38. The van der Waals surface area contributed by atoms with E-state index in [1.165, 1.54) is 50.6 Å². The van der Waals surface area contributed by atoms with Crippen LogP contribution in [0.25, 0.3) is 0 Å². The summed E-state index contributed by atoms with van der Waals surface area (Å²) >= 11 is 6.16. The normalized spacial score (nSPS) is 22.5. The molecular weight excluding hydrogens is 292 g/mol. The van der Waals surface area contributed by atoms with Crippen LogP contribution in [0.1, 0.15) is 57.9 Å². The Morgan fingerprint density at radius 2 is 1.86 bits per heavy atom. The van der Waals surface area contributed by atoms with Crippen LogP contribution in [0.15, 0.2) is 24.3 Å². The molecule has 2 N–H and O–H groups in total. The van der Waals surface area contributed by atoms with E-state index in [1.54, 1.807) is 0 Å². The molecule has 0 bridgehead atoms. The second-order valence-corrected chi connectivity index (χ2v) is 7.25. The maximum atomic E-state index is 6.16. The average Bonchev–Trinajstić information content (AvgIpc) is 2.52. The highest BCUT2D eigenvalue weighted by atomic mass is 35.5. The lowest BCUT2D eigenvalue weighted by molar-refractivity contribution is 0.118. The van der Waals surface area contributed by atoms with Gasteiger partial charge in [0.1, 0.15) is 0 Å². The molecule has 1 fully saturated rings. The number of hydrogen-bond donors (Lipinski definition) is 1. The van der Waals surface area contributed by atoms with Crippen LogP contribution in [0.4, 0.5) is 0 Å². The molecule has 3 heteroatoms. The van der Waals surface area contributed by atoms with Gasteiger partial charge >= 0.3 is 0 Å². The fourth-order valence-electron chi connectivity index (χ4n) is 3.56. The zero-order chi connectivity index (χ0) is 15.9. The number of nitrogens with two attached hydrogens (primary N) is 1. The third-order valence-corrected chi connectivity index (χ3v) is 5.41. The van der Waals surface area contributed by atoms with Gasteiger partial charge in [-0.2, -0.15) is 0 Å². The summed E-state index contributed by atoms with van der Waals surface area (Å²) in [7, 11) is 0. The molecule has 0 spiro atoms. The molecule has 124 valence electrons. The van der Waals surface area contributed by atoms with E-state index in [9.17, 15) is 0 Å². The molecule has 0 unspecified atom stereocenters. The van der Waals surface area contributed by atoms with Crippen LogP contribution in [-0.2, 0) is 6.54 Å². The van der Waals surface area contributed by atoms with Crippen molar-refractivity contribution in [1.82, 2.24) is 4.90 Å². The predicted octanol–water partition coefficient (Wildman–Crippen LogP) is 4.85.